The second-order valence-electron chi connectivity index (χ2n) is 13.5. The van der Waals surface area contributed by atoms with Gasteiger partial charge in [0.25, 0.3) is 0 Å². The lowest BCUT2D eigenvalue weighted by atomic mass is 9.97. The average molecular weight is 733 g/mol. The summed E-state index contributed by atoms with van der Waals surface area (Å²) in [7, 11) is 7.09. The normalized spacial score (nSPS) is 19.9. The van der Waals surface area contributed by atoms with Crippen molar-refractivity contribution in [3.8, 4) is 22.5 Å². The van der Waals surface area contributed by atoms with Gasteiger partial charge in [-0.1, -0.05) is 12.1 Å². The summed E-state index contributed by atoms with van der Waals surface area (Å²) in [5.74, 6) is 0.0892. The fourth-order valence-corrected chi connectivity index (χ4v) is 7.51. The Morgan fingerprint density at radius 2 is 1.15 bits per heavy atom. The number of urea groups is 2. The zero-order chi connectivity index (χ0) is 37.8. The number of amides is 4. The highest BCUT2D eigenvalue weighted by Gasteiger charge is 2.40. The smallest absolute Gasteiger partial charge is 0.340 e. The number of hydrogen-bond donors (Lipinski definition) is 2. The van der Waals surface area contributed by atoms with Crippen molar-refractivity contribution in [3.05, 3.63) is 84.7 Å². The third-order valence-electron chi connectivity index (χ3n) is 10.5. The number of primary amides is 2. The van der Waals surface area contributed by atoms with E-state index in [0.717, 1.165) is 43.6 Å². The molecule has 54 heavy (non-hydrogen) atoms. The Morgan fingerprint density at radius 1 is 0.722 bits per heavy atom. The van der Waals surface area contributed by atoms with Gasteiger partial charge in [0, 0.05) is 88.7 Å². The van der Waals surface area contributed by atoms with Crippen molar-refractivity contribution in [2.75, 3.05) is 50.7 Å². The molecule has 6 aromatic rings. The molecule has 2 fully saturated rings. The van der Waals surface area contributed by atoms with Crippen molar-refractivity contribution in [2.45, 2.75) is 24.0 Å². The summed E-state index contributed by atoms with van der Waals surface area (Å²) >= 11 is 0. The molecule has 0 radical (unpaired) electrons. The Bertz CT molecular complexity index is 2250. The van der Waals surface area contributed by atoms with Gasteiger partial charge in [-0.05, 0) is 36.4 Å². The Morgan fingerprint density at radius 3 is 1.50 bits per heavy atom. The van der Waals surface area contributed by atoms with Gasteiger partial charge in [0.2, 0.25) is 0 Å². The zero-order valence-electron chi connectivity index (χ0n) is 30.4. The lowest BCUT2D eigenvalue weighted by Crippen LogP contribution is -2.55. The van der Waals surface area contributed by atoms with Gasteiger partial charge in [0.05, 0.1) is 59.4 Å². The molecule has 2 saturated heterocycles. The molecule has 8 rings (SSSR count). The first-order chi connectivity index (χ1) is 26.1. The Kier molecular flexibility index (Phi) is 8.76. The quantitative estimate of drug-likeness (QED) is 0.211. The molecule has 2 aliphatic rings. The van der Waals surface area contributed by atoms with Gasteiger partial charge in [0.1, 0.15) is 11.2 Å². The minimum Gasteiger partial charge on any atom is -0.378 e. The van der Waals surface area contributed by atoms with E-state index >= 15 is 0 Å². The summed E-state index contributed by atoms with van der Waals surface area (Å²) in [4.78, 5) is 45.7. The van der Waals surface area contributed by atoms with E-state index in [0.29, 0.717) is 61.4 Å². The molecule has 0 spiro atoms. The third-order valence-corrected chi connectivity index (χ3v) is 10.5. The number of nitrogens with zero attached hydrogens (tertiary/aromatic N) is 8. The Balaban J connectivity index is 1.21. The van der Waals surface area contributed by atoms with E-state index in [1.165, 1.54) is 0 Å². The molecule has 0 bridgehead atoms. The highest BCUT2D eigenvalue weighted by atomic mass is 16.6. The molecule has 0 saturated carbocycles. The topological polar surface area (TPSA) is 191 Å². The van der Waals surface area contributed by atoms with Crippen LogP contribution in [0.1, 0.15) is 24.2 Å². The molecule has 2 aliphatic heterocycles. The summed E-state index contributed by atoms with van der Waals surface area (Å²) in [6.45, 7) is 1.95. The minimum absolute atomic E-state index is 0.0446. The van der Waals surface area contributed by atoms with Crippen LogP contribution in [0, 0.1) is 0 Å². The van der Waals surface area contributed by atoms with Gasteiger partial charge in [0.15, 0.2) is 11.6 Å². The van der Waals surface area contributed by atoms with Crippen molar-refractivity contribution in [2.24, 2.45) is 25.6 Å². The van der Waals surface area contributed by atoms with Gasteiger partial charge < -0.3 is 39.5 Å². The van der Waals surface area contributed by atoms with E-state index in [4.69, 9.17) is 40.4 Å². The number of carbonyl (C=O) groups is 2. The van der Waals surface area contributed by atoms with Gasteiger partial charge >= 0.3 is 12.1 Å². The predicted molar refractivity (Wildman–Crippen MR) is 200 cm³/mol. The zero-order valence-corrected chi connectivity index (χ0v) is 30.4. The second kappa shape index (κ2) is 13.5. The fourth-order valence-electron chi connectivity index (χ4n) is 7.51. The SMILES string of the molecule is COC1(c2cccc(-c3cn(C)c4cnc(N(C(N)=O)N(C(N)=O)c5cc6c(-c7cccc(C8(OC)CCOC8)n7)cn(C)c6cn5)cc34)n2)CCOC1. The number of fused-ring (bicyclic) bond motifs is 2. The summed E-state index contributed by atoms with van der Waals surface area (Å²) in [6.07, 6.45) is 8.41. The van der Waals surface area contributed by atoms with Crippen LogP contribution in [-0.4, -0.2) is 81.8 Å². The summed E-state index contributed by atoms with van der Waals surface area (Å²) < 4.78 is 27.0. The Labute approximate surface area is 310 Å². The number of carbonyl (C=O) groups excluding carboxylic acids is 2. The molecule has 6 aromatic heterocycles. The molecule has 16 nitrogen and oxygen atoms in total. The molecular weight excluding hydrogens is 692 g/mol. The van der Waals surface area contributed by atoms with E-state index in [9.17, 15) is 9.59 Å². The number of hydrazine groups is 1. The standard InChI is InChI=1S/C38H40N10O6/c1-45-19-25(27-7-5-9-31(43-27)37(51-3)11-13-53-21-37)23-15-33(41-17-29(23)45)47(35(39)49)48(36(40)50)34-16-24-26(20-46(2)30(24)18-42-34)28-8-6-10-32(44-28)38(52-4)12-14-54-22-38/h5-10,15-20H,11-14,21-22H2,1-4H3,(H2,39,49)(H2,40,50). The summed E-state index contributed by atoms with van der Waals surface area (Å²) in [5.41, 5.74) is 16.6. The van der Waals surface area contributed by atoms with Crippen molar-refractivity contribution in [1.82, 2.24) is 29.1 Å². The third kappa shape index (κ3) is 5.70. The molecule has 4 N–H and O–H groups in total. The number of ether oxygens (including phenoxy) is 4. The van der Waals surface area contributed by atoms with Crippen LogP contribution in [0.25, 0.3) is 44.3 Å². The molecule has 2 atom stereocenters. The first-order valence-corrected chi connectivity index (χ1v) is 17.4. The number of rotatable bonds is 8. The highest BCUT2D eigenvalue weighted by Crippen LogP contribution is 2.38. The monoisotopic (exact) mass is 732 g/mol. The molecule has 2 unspecified atom stereocenters. The van der Waals surface area contributed by atoms with Crippen molar-refractivity contribution in [3.63, 3.8) is 0 Å². The van der Waals surface area contributed by atoms with Crippen molar-refractivity contribution < 1.29 is 28.5 Å². The van der Waals surface area contributed by atoms with E-state index in [1.54, 1.807) is 38.7 Å². The number of nitrogens with two attached hydrogens (primary N) is 2. The molecular formula is C38H40N10O6. The van der Waals surface area contributed by atoms with Crippen LogP contribution in [-0.2, 0) is 44.2 Å². The van der Waals surface area contributed by atoms with Gasteiger partial charge in [-0.2, -0.15) is 10.0 Å². The van der Waals surface area contributed by atoms with Gasteiger partial charge in [-0.3, -0.25) is 0 Å². The fraction of sp³-hybridized carbons (Fsp3) is 0.316. The first kappa shape index (κ1) is 35.1. The summed E-state index contributed by atoms with van der Waals surface area (Å²) in [5, 5.41) is 3.24. The lowest BCUT2D eigenvalue weighted by molar-refractivity contribution is -0.0245. The summed E-state index contributed by atoms with van der Waals surface area (Å²) in [6, 6.07) is 12.8. The van der Waals surface area contributed by atoms with Crippen LogP contribution >= 0.6 is 0 Å². The highest BCUT2D eigenvalue weighted by molar-refractivity contribution is 6.06. The van der Waals surface area contributed by atoms with Crippen LogP contribution in [0.3, 0.4) is 0 Å². The van der Waals surface area contributed by atoms with Crippen molar-refractivity contribution >= 4 is 45.5 Å². The number of hydrogen-bond acceptors (Lipinski definition) is 10. The number of methoxy groups -OCH3 is 2. The average Bonchev–Trinajstić information content (AvgIpc) is 4.00. The van der Waals surface area contributed by atoms with Crippen LogP contribution in [0.5, 0.6) is 0 Å². The molecule has 16 heteroatoms. The van der Waals surface area contributed by atoms with E-state index in [-0.39, 0.29) is 11.6 Å². The number of pyridine rings is 4. The molecule has 278 valence electrons. The van der Waals surface area contributed by atoms with Gasteiger partial charge in [-0.25, -0.2) is 29.5 Å². The lowest BCUT2D eigenvalue weighted by Gasteiger charge is -2.30. The van der Waals surface area contributed by atoms with E-state index in [2.05, 4.69) is 9.97 Å². The molecule has 0 aliphatic carbocycles. The number of aromatic nitrogens is 6. The number of anilines is 2. The molecule has 4 amide bonds. The largest absolute Gasteiger partial charge is 0.378 e. The van der Waals surface area contributed by atoms with Crippen LogP contribution in [0.15, 0.2) is 73.3 Å². The van der Waals surface area contributed by atoms with Crippen molar-refractivity contribution in [1.29, 1.82) is 0 Å². The predicted octanol–water partition coefficient (Wildman–Crippen LogP) is 4.49. The molecule has 8 heterocycles. The minimum atomic E-state index is -1.00. The maximum Gasteiger partial charge on any atom is 0.340 e. The van der Waals surface area contributed by atoms with E-state index in [1.807, 2.05) is 72.0 Å². The van der Waals surface area contributed by atoms with Crippen LogP contribution < -0.4 is 21.5 Å². The second-order valence-corrected chi connectivity index (χ2v) is 13.5. The van der Waals surface area contributed by atoms with Crippen LogP contribution in [0.4, 0.5) is 21.2 Å². The Hall–Kier alpha value is -5.94. The van der Waals surface area contributed by atoms with E-state index < -0.39 is 23.3 Å². The molecule has 0 aromatic carbocycles. The van der Waals surface area contributed by atoms with Crippen LogP contribution in [0.2, 0.25) is 0 Å². The maximum absolute atomic E-state index is 13.3. The van der Waals surface area contributed by atoms with Gasteiger partial charge in [-0.15, -0.1) is 0 Å². The maximum atomic E-state index is 13.3. The number of aryl methyl sites for hydroxylation is 2. The first-order valence-electron chi connectivity index (χ1n) is 17.4.